The van der Waals surface area contributed by atoms with E-state index in [1.165, 1.54) is 12.8 Å². The second-order valence-electron chi connectivity index (χ2n) is 5.93. The third kappa shape index (κ3) is 3.92. The number of rotatable bonds is 4. The molecular formula is C18H21ClN2O. The third-order valence-electron chi connectivity index (χ3n) is 4.11. The lowest BCUT2D eigenvalue weighted by atomic mass is 9.99. The number of ether oxygens (including phenoxy) is 1. The highest BCUT2D eigenvalue weighted by atomic mass is 35.5. The van der Waals surface area contributed by atoms with Gasteiger partial charge in [0.1, 0.15) is 23.3 Å². The van der Waals surface area contributed by atoms with Crippen molar-refractivity contribution in [2.45, 2.75) is 26.4 Å². The average molecular weight is 317 g/mol. The molecule has 0 aliphatic carbocycles. The Labute approximate surface area is 136 Å². The van der Waals surface area contributed by atoms with Gasteiger partial charge in [0.25, 0.3) is 0 Å². The molecule has 2 aromatic rings. The normalized spacial score (nSPS) is 15.8. The molecule has 2 heterocycles. The Hall–Kier alpha value is -1.74. The lowest BCUT2D eigenvalue weighted by Gasteiger charge is -2.31. The van der Waals surface area contributed by atoms with Crippen molar-refractivity contribution < 1.29 is 4.74 Å². The largest absolute Gasteiger partial charge is 0.489 e. The minimum Gasteiger partial charge on any atom is -0.489 e. The van der Waals surface area contributed by atoms with E-state index in [0.717, 1.165) is 36.1 Å². The van der Waals surface area contributed by atoms with Crippen LogP contribution < -0.4 is 9.64 Å². The Bertz CT molecular complexity index is 610. The summed E-state index contributed by atoms with van der Waals surface area (Å²) < 4.78 is 5.87. The summed E-state index contributed by atoms with van der Waals surface area (Å²) in [5.41, 5.74) is 1.14. The summed E-state index contributed by atoms with van der Waals surface area (Å²) in [6.45, 7) is 4.91. The number of halogens is 1. The van der Waals surface area contributed by atoms with Crippen molar-refractivity contribution in [2.24, 2.45) is 5.92 Å². The van der Waals surface area contributed by atoms with Gasteiger partial charge in [-0.15, -0.1) is 0 Å². The maximum absolute atomic E-state index is 6.16. The van der Waals surface area contributed by atoms with Crippen LogP contribution in [0, 0.1) is 5.92 Å². The molecule has 1 aliphatic rings. The van der Waals surface area contributed by atoms with Crippen LogP contribution in [0.3, 0.4) is 0 Å². The van der Waals surface area contributed by atoms with Crippen LogP contribution in [0.15, 0.2) is 42.5 Å². The van der Waals surface area contributed by atoms with E-state index >= 15 is 0 Å². The number of benzene rings is 1. The Morgan fingerprint density at radius 1 is 1.18 bits per heavy atom. The maximum atomic E-state index is 6.16. The van der Waals surface area contributed by atoms with Crippen LogP contribution in [-0.4, -0.2) is 18.1 Å². The topological polar surface area (TPSA) is 25.4 Å². The van der Waals surface area contributed by atoms with Crippen molar-refractivity contribution in [3.05, 3.63) is 53.2 Å². The summed E-state index contributed by atoms with van der Waals surface area (Å²) >= 11 is 6.16. The third-order valence-corrected chi connectivity index (χ3v) is 4.30. The zero-order valence-electron chi connectivity index (χ0n) is 12.8. The molecule has 3 rings (SSSR count). The van der Waals surface area contributed by atoms with Gasteiger partial charge in [0, 0.05) is 25.2 Å². The van der Waals surface area contributed by atoms with Crippen LogP contribution in [0.5, 0.6) is 5.75 Å². The molecule has 116 valence electrons. The van der Waals surface area contributed by atoms with Gasteiger partial charge in [-0.3, -0.25) is 0 Å². The van der Waals surface area contributed by atoms with Crippen molar-refractivity contribution in [3.8, 4) is 5.75 Å². The number of hydrogen-bond donors (Lipinski definition) is 0. The van der Waals surface area contributed by atoms with Crippen LogP contribution in [0.25, 0.3) is 0 Å². The second-order valence-corrected chi connectivity index (χ2v) is 6.31. The lowest BCUT2D eigenvalue weighted by molar-refractivity contribution is 0.306. The highest BCUT2D eigenvalue weighted by Crippen LogP contribution is 2.27. The highest BCUT2D eigenvalue weighted by molar-refractivity contribution is 6.29. The van der Waals surface area contributed by atoms with E-state index in [1.54, 1.807) is 6.07 Å². The van der Waals surface area contributed by atoms with E-state index in [4.69, 9.17) is 16.3 Å². The first-order valence-corrected chi connectivity index (χ1v) is 8.18. The molecule has 1 saturated heterocycles. The number of pyridine rings is 1. The van der Waals surface area contributed by atoms with Gasteiger partial charge in [-0.2, -0.15) is 0 Å². The minimum atomic E-state index is 0.485. The van der Waals surface area contributed by atoms with Crippen molar-refractivity contribution in [1.29, 1.82) is 0 Å². The Balaban J connectivity index is 1.70. The molecule has 0 N–H and O–H groups in total. The fraction of sp³-hybridized carbons (Fsp3) is 0.389. The minimum absolute atomic E-state index is 0.485. The molecule has 0 atom stereocenters. The van der Waals surface area contributed by atoms with Crippen LogP contribution in [-0.2, 0) is 6.61 Å². The van der Waals surface area contributed by atoms with Crippen molar-refractivity contribution in [3.63, 3.8) is 0 Å². The van der Waals surface area contributed by atoms with Gasteiger partial charge in [-0.25, -0.2) is 4.98 Å². The molecule has 0 unspecified atom stereocenters. The van der Waals surface area contributed by atoms with Gasteiger partial charge in [-0.05, 0) is 24.3 Å². The lowest BCUT2D eigenvalue weighted by Crippen LogP contribution is -2.33. The zero-order valence-corrected chi connectivity index (χ0v) is 13.6. The van der Waals surface area contributed by atoms with Crippen molar-refractivity contribution in [2.75, 3.05) is 18.0 Å². The molecule has 0 bridgehead atoms. The van der Waals surface area contributed by atoms with E-state index in [1.807, 2.05) is 24.3 Å². The number of aromatic nitrogens is 1. The highest BCUT2D eigenvalue weighted by Gasteiger charge is 2.18. The van der Waals surface area contributed by atoms with E-state index in [0.29, 0.717) is 11.8 Å². The molecule has 0 spiro atoms. The molecule has 4 heteroatoms. The van der Waals surface area contributed by atoms with E-state index in [2.05, 4.69) is 28.9 Å². The summed E-state index contributed by atoms with van der Waals surface area (Å²) in [5.74, 6) is 2.49. The van der Waals surface area contributed by atoms with Crippen LogP contribution in [0.1, 0.15) is 25.3 Å². The van der Waals surface area contributed by atoms with Crippen LogP contribution in [0.2, 0.25) is 5.15 Å². The standard InChI is InChI=1S/C18H21ClN2O/c1-14-7-9-21(10-8-14)18-12-16(11-17(19)20-18)22-13-15-5-3-2-4-6-15/h2-6,11-12,14H,7-10,13H2,1H3. The van der Waals surface area contributed by atoms with Gasteiger partial charge >= 0.3 is 0 Å². The SMILES string of the molecule is CC1CCN(c2cc(OCc3ccccc3)cc(Cl)n2)CC1. The summed E-state index contributed by atoms with van der Waals surface area (Å²) in [5, 5.41) is 0.485. The summed E-state index contributed by atoms with van der Waals surface area (Å²) in [4.78, 5) is 6.74. The van der Waals surface area contributed by atoms with Crippen molar-refractivity contribution >= 4 is 17.4 Å². The molecule has 1 fully saturated rings. The van der Waals surface area contributed by atoms with Crippen molar-refractivity contribution in [1.82, 2.24) is 4.98 Å². The molecule has 1 aromatic carbocycles. The average Bonchev–Trinajstić information content (AvgIpc) is 2.54. The molecule has 3 nitrogen and oxygen atoms in total. The molecule has 0 saturated carbocycles. The molecule has 0 radical (unpaired) electrons. The first kappa shape index (κ1) is 15.2. The quantitative estimate of drug-likeness (QED) is 0.774. The number of piperidine rings is 1. The Morgan fingerprint density at radius 2 is 1.91 bits per heavy atom. The molecule has 1 aromatic heterocycles. The molecule has 0 amide bonds. The monoisotopic (exact) mass is 316 g/mol. The van der Waals surface area contributed by atoms with Gasteiger partial charge in [0.2, 0.25) is 0 Å². The Morgan fingerprint density at radius 3 is 2.64 bits per heavy atom. The Kier molecular flexibility index (Phi) is 4.84. The molecular weight excluding hydrogens is 296 g/mol. The van der Waals surface area contributed by atoms with Gasteiger partial charge in [0.05, 0.1) is 0 Å². The van der Waals surface area contributed by atoms with Gasteiger partial charge in [-0.1, -0.05) is 48.9 Å². The summed E-state index contributed by atoms with van der Waals surface area (Å²) in [6, 6.07) is 13.9. The number of nitrogens with zero attached hydrogens (tertiary/aromatic N) is 2. The predicted molar refractivity (Wildman–Crippen MR) is 90.6 cm³/mol. The smallest absolute Gasteiger partial charge is 0.135 e. The molecule has 1 aliphatic heterocycles. The van der Waals surface area contributed by atoms with E-state index in [-0.39, 0.29) is 0 Å². The maximum Gasteiger partial charge on any atom is 0.135 e. The van der Waals surface area contributed by atoms with Crippen LogP contribution >= 0.6 is 11.6 Å². The fourth-order valence-corrected chi connectivity index (χ4v) is 2.88. The van der Waals surface area contributed by atoms with Crippen LogP contribution in [0.4, 0.5) is 5.82 Å². The number of hydrogen-bond acceptors (Lipinski definition) is 3. The first-order chi connectivity index (χ1) is 10.7. The second kappa shape index (κ2) is 7.01. The van der Waals surface area contributed by atoms with E-state index < -0.39 is 0 Å². The summed E-state index contributed by atoms with van der Waals surface area (Å²) in [6.07, 6.45) is 2.41. The molecule has 22 heavy (non-hydrogen) atoms. The predicted octanol–water partition coefficient (Wildman–Crippen LogP) is 4.55. The summed E-state index contributed by atoms with van der Waals surface area (Å²) in [7, 11) is 0. The fourth-order valence-electron chi connectivity index (χ4n) is 2.68. The number of anilines is 1. The van der Waals surface area contributed by atoms with Gasteiger partial charge < -0.3 is 9.64 Å². The first-order valence-electron chi connectivity index (χ1n) is 7.80. The van der Waals surface area contributed by atoms with Gasteiger partial charge in [0.15, 0.2) is 0 Å². The zero-order chi connectivity index (χ0) is 15.4. The van der Waals surface area contributed by atoms with E-state index in [9.17, 15) is 0 Å².